The number of benzene rings is 2. The van der Waals surface area contributed by atoms with Gasteiger partial charge in [0.15, 0.2) is 5.82 Å². The van der Waals surface area contributed by atoms with Crippen LogP contribution in [0.4, 0.5) is 23.4 Å². The molecule has 2 heterocycles. The molecule has 5 nitrogen and oxygen atoms in total. The number of nitrogens with zero attached hydrogens (tertiary/aromatic N) is 3. The second-order valence-corrected chi connectivity index (χ2v) is 6.69. The van der Waals surface area contributed by atoms with Crippen LogP contribution in [0.25, 0.3) is 33.4 Å². The molecule has 0 bridgehead atoms. The molecular formula is C22H16F4N4O. The van der Waals surface area contributed by atoms with Gasteiger partial charge in [0, 0.05) is 23.3 Å². The Morgan fingerprint density at radius 3 is 2.45 bits per heavy atom. The van der Waals surface area contributed by atoms with Crippen LogP contribution in [0.1, 0.15) is 0 Å². The zero-order valence-corrected chi connectivity index (χ0v) is 16.2. The van der Waals surface area contributed by atoms with E-state index in [0.29, 0.717) is 33.3 Å². The molecule has 2 aromatic carbocycles. The summed E-state index contributed by atoms with van der Waals surface area (Å²) in [7, 11) is 1.43. The monoisotopic (exact) mass is 428 g/mol. The van der Waals surface area contributed by atoms with Gasteiger partial charge in [-0.3, -0.25) is 4.98 Å². The third-order valence-electron chi connectivity index (χ3n) is 4.52. The van der Waals surface area contributed by atoms with Gasteiger partial charge in [0.2, 0.25) is 0 Å². The number of pyridine rings is 1. The summed E-state index contributed by atoms with van der Waals surface area (Å²) in [6.07, 6.45) is -1.36. The third-order valence-corrected chi connectivity index (χ3v) is 4.52. The molecule has 0 radical (unpaired) electrons. The van der Waals surface area contributed by atoms with E-state index < -0.39 is 18.5 Å². The summed E-state index contributed by atoms with van der Waals surface area (Å²) < 4.78 is 57.9. The predicted molar refractivity (Wildman–Crippen MR) is 109 cm³/mol. The average Bonchev–Trinajstić information content (AvgIpc) is 2.76. The minimum Gasteiger partial charge on any atom is -0.494 e. The normalized spacial score (nSPS) is 11.5. The van der Waals surface area contributed by atoms with Crippen LogP contribution in [0.2, 0.25) is 0 Å². The van der Waals surface area contributed by atoms with Crippen molar-refractivity contribution in [1.29, 1.82) is 0 Å². The van der Waals surface area contributed by atoms with Gasteiger partial charge >= 0.3 is 6.18 Å². The smallest absolute Gasteiger partial charge is 0.405 e. The van der Waals surface area contributed by atoms with Gasteiger partial charge in [-0.1, -0.05) is 12.1 Å². The second kappa shape index (κ2) is 8.17. The van der Waals surface area contributed by atoms with Crippen LogP contribution in [0.5, 0.6) is 5.75 Å². The number of fused-ring (bicyclic) bond motifs is 1. The van der Waals surface area contributed by atoms with Crippen molar-refractivity contribution in [2.24, 2.45) is 0 Å². The Morgan fingerprint density at radius 1 is 0.968 bits per heavy atom. The number of hydrogen-bond donors (Lipinski definition) is 1. The highest BCUT2D eigenvalue weighted by Crippen LogP contribution is 2.36. The fourth-order valence-electron chi connectivity index (χ4n) is 3.13. The van der Waals surface area contributed by atoms with Crippen molar-refractivity contribution >= 4 is 16.7 Å². The fourth-order valence-corrected chi connectivity index (χ4v) is 3.13. The number of anilines is 1. The number of aromatic nitrogens is 3. The van der Waals surface area contributed by atoms with Crippen LogP contribution < -0.4 is 10.1 Å². The van der Waals surface area contributed by atoms with E-state index in [1.54, 1.807) is 42.6 Å². The van der Waals surface area contributed by atoms with Gasteiger partial charge in [0.1, 0.15) is 29.4 Å². The summed E-state index contributed by atoms with van der Waals surface area (Å²) in [4.78, 5) is 12.8. The lowest BCUT2D eigenvalue weighted by atomic mass is 10.0. The van der Waals surface area contributed by atoms with Crippen molar-refractivity contribution in [3.8, 4) is 28.3 Å². The van der Waals surface area contributed by atoms with Gasteiger partial charge < -0.3 is 10.1 Å². The zero-order valence-electron chi connectivity index (χ0n) is 16.2. The Labute approximate surface area is 174 Å². The number of alkyl halides is 3. The molecule has 0 unspecified atom stereocenters. The molecule has 0 aliphatic carbocycles. The molecule has 0 saturated heterocycles. The average molecular weight is 428 g/mol. The number of nitrogens with one attached hydrogen (secondary N) is 1. The molecular weight excluding hydrogens is 412 g/mol. The van der Waals surface area contributed by atoms with Crippen LogP contribution in [0.3, 0.4) is 0 Å². The molecule has 0 aliphatic heterocycles. The summed E-state index contributed by atoms with van der Waals surface area (Å²) in [5.74, 6) is 0.0642. The zero-order chi connectivity index (χ0) is 22.0. The molecule has 4 aromatic rings. The lowest BCUT2D eigenvalue weighted by Crippen LogP contribution is -2.22. The molecule has 0 atom stereocenters. The van der Waals surface area contributed by atoms with Crippen molar-refractivity contribution in [3.05, 3.63) is 66.7 Å². The molecule has 0 fully saturated rings. The minimum atomic E-state index is -4.45. The molecule has 0 spiro atoms. The van der Waals surface area contributed by atoms with E-state index in [1.165, 1.54) is 25.4 Å². The minimum absolute atomic E-state index is 0.0160. The van der Waals surface area contributed by atoms with Gasteiger partial charge in [-0.2, -0.15) is 13.2 Å². The summed E-state index contributed by atoms with van der Waals surface area (Å²) in [5.41, 5.74) is 1.95. The highest BCUT2D eigenvalue weighted by atomic mass is 19.4. The van der Waals surface area contributed by atoms with Crippen LogP contribution in [0.15, 0.2) is 60.9 Å². The Hall–Kier alpha value is -3.75. The molecule has 0 saturated carbocycles. The first-order valence-electron chi connectivity index (χ1n) is 9.21. The predicted octanol–water partition coefficient (Wildman–Crippen LogP) is 5.48. The molecule has 158 valence electrons. The van der Waals surface area contributed by atoms with Gasteiger partial charge in [-0.15, -0.1) is 0 Å². The molecule has 4 rings (SSSR count). The van der Waals surface area contributed by atoms with Crippen LogP contribution in [-0.4, -0.2) is 34.8 Å². The molecule has 9 heteroatoms. The first-order valence-corrected chi connectivity index (χ1v) is 9.21. The van der Waals surface area contributed by atoms with Crippen molar-refractivity contribution in [2.45, 2.75) is 6.18 Å². The Morgan fingerprint density at radius 2 is 1.77 bits per heavy atom. The third kappa shape index (κ3) is 4.55. The molecule has 1 N–H and O–H groups in total. The standard InChI is InChI=1S/C22H16F4N4O/c1-31-18-10-15(13-4-2-6-16(23)8-13)9-17-19(18)29-20(14-5-3-7-27-11-14)30-21(17)28-12-22(24,25)26/h2-11H,12H2,1H3,(H,28,29,30). The van der Waals surface area contributed by atoms with Crippen LogP contribution in [-0.2, 0) is 0 Å². The molecule has 2 aromatic heterocycles. The lowest BCUT2D eigenvalue weighted by Gasteiger charge is -2.15. The quantitative estimate of drug-likeness (QED) is 0.427. The Balaban J connectivity index is 1.95. The van der Waals surface area contributed by atoms with Crippen molar-refractivity contribution < 1.29 is 22.3 Å². The van der Waals surface area contributed by atoms with E-state index in [-0.39, 0.29) is 11.6 Å². The second-order valence-electron chi connectivity index (χ2n) is 6.69. The summed E-state index contributed by atoms with van der Waals surface area (Å²) in [6, 6.07) is 12.5. The van der Waals surface area contributed by atoms with E-state index in [9.17, 15) is 17.6 Å². The van der Waals surface area contributed by atoms with Gasteiger partial charge in [0.05, 0.1) is 7.11 Å². The van der Waals surface area contributed by atoms with Crippen LogP contribution in [0, 0.1) is 5.82 Å². The van der Waals surface area contributed by atoms with Gasteiger partial charge in [-0.05, 0) is 47.5 Å². The van der Waals surface area contributed by atoms with Gasteiger partial charge in [-0.25, -0.2) is 14.4 Å². The molecule has 0 amide bonds. The lowest BCUT2D eigenvalue weighted by molar-refractivity contribution is -0.115. The van der Waals surface area contributed by atoms with E-state index in [0.717, 1.165) is 0 Å². The molecule has 31 heavy (non-hydrogen) atoms. The Bertz CT molecular complexity index is 1230. The summed E-state index contributed by atoms with van der Waals surface area (Å²) >= 11 is 0. The number of halogens is 4. The van der Waals surface area contributed by atoms with Crippen molar-refractivity contribution in [2.75, 3.05) is 19.0 Å². The Kier molecular flexibility index (Phi) is 5.41. The van der Waals surface area contributed by atoms with E-state index in [1.807, 2.05) is 0 Å². The van der Waals surface area contributed by atoms with Gasteiger partial charge in [0.25, 0.3) is 0 Å². The number of methoxy groups -OCH3 is 1. The largest absolute Gasteiger partial charge is 0.494 e. The maximum atomic E-state index is 13.7. The highest BCUT2D eigenvalue weighted by Gasteiger charge is 2.27. The fraction of sp³-hybridized carbons (Fsp3) is 0.136. The van der Waals surface area contributed by atoms with Crippen molar-refractivity contribution in [3.63, 3.8) is 0 Å². The first kappa shape index (κ1) is 20.5. The maximum Gasteiger partial charge on any atom is 0.405 e. The van der Waals surface area contributed by atoms with Crippen molar-refractivity contribution in [1.82, 2.24) is 15.0 Å². The maximum absolute atomic E-state index is 13.7. The van der Waals surface area contributed by atoms with E-state index in [2.05, 4.69) is 20.3 Å². The first-order chi connectivity index (χ1) is 14.8. The SMILES string of the molecule is COc1cc(-c2cccc(F)c2)cc2c(NCC(F)(F)F)nc(-c3cccnc3)nc12. The van der Waals surface area contributed by atoms with E-state index in [4.69, 9.17) is 4.74 Å². The molecule has 0 aliphatic rings. The number of rotatable bonds is 5. The van der Waals surface area contributed by atoms with Crippen LogP contribution >= 0.6 is 0 Å². The number of ether oxygens (including phenoxy) is 1. The summed E-state index contributed by atoms with van der Waals surface area (Å²) in [5, 5.41) is 2.67. The topological polar surface area (TPSA) is 59.9 Å². The number of hydrogen-bond acceptors (Lipinski definition) is 5. The highest BCUT2D eigenvalue weighted by molar-refractivity contribution is 5.97. The summed E-state index contributed by atoms with van der Waals surface area (Å²) in [6.45, 7) is -1.28. The van der Waals surface area contributed by atoms with E-state index >= 15 is 0 Å².